The van der Waals surface area contributed by atoms with Crippen LogP contribution >= 0.6 is 0 Å². The second-order valence-electron chi connectivity index (χ2n) is 4.31. The lowest BCUT2D eigenvalue weighted by Gasteiger charge is -2.31. The van der Waals surface area contributed by atoms with Crippen LogP contribution in [-0.2, 0) is 11.3 Å². The standard InChI is InChI=1S/C12H20N4O/c1-2-3-16-4-5-17-11(9-16)12-14-7-10(6-13)8-15-12/h7-8,11H,2-6,9,13H2,1H3. The van der Waals surface area contributed by atoms with Crippen molar-refractivity contribution < 1.29 is 4.74 Å². The third-order valence-corrected chi connectivity index (χ3v) is 2.94. The minimum absolute atomic E-state index is 0.00197. The van der Waals surface area contributed by atoms with E-state index in [4.69, 9.17) is 10.5 Å². The van der Waals surface area contributed by atoms with Gasteiger partial charge in [0.2, 0.25) is 0 Å². The van der Waals surface area contributed by atoms with Gasteiger partial charge in [-0.2, -0.15) is 0 Å². The molecule has 5 heteroatoms. The molecule has 2 rings (SSSR count). The largest absolute Gasteiger partial charge is 0.368 e. The first-order valence-electron chi connectivity index (χ1n) is 6.18. The molecule has 17 heavy (non-hydrogen) atoms. The van der Waals surface area contributed by atoms with Crippen molar-refractivity contribution in [2.45, 2.75) is 26.0 Å². The molecule has 1 atom stereocenters. The van der Waals surface area contributed by atoms with Gasteiger partial charge in [-0.3, -0.25) is 4.90 Å². The van der Waals surface area contributed by atoms with E-state index < -0.39 is 0 Å². The van der Waals surface area contributed by atoms with Crippen LogP contribution in [0, 0.1) is 0 Å². The van der Waals surface area contributed by atoms with Crippen LogP contribution in [0.4, 0.5) is 0 Å². The van der Waals surface area contributed by atoms with Gasteiger partial charge in [-0.1, -0.05) is 6.92 Å². The first kappa shape index (κ1) is 12.4. The van der Waals surface area contributed by atoms with Crippen molar-refractivity contribution in [3.8, 4) is 0 Å². The molecule has 1 saturated heterocycles. The SMILES string of the molecule is CCCN1CCOC(c2ncc(CN)cn2)C1. The summed E-state index contributed by atoms with van der Waals surface area (Å²) in [5.74, 6) is 0.767. The van der Waals surface area contributed by atoms with Crippen LogP contribution in [0.1, 0.15) is 30.8 Å². The summed E-state index contributed by atoms with van der Waals surface area (Å²) in [6.07, 6.45) is 4.73. The fraction of sp³-hybridized carbons (Fsp3) is 0.667. The Morgan fingerprint density at radius 3 is 2.88 bits per heavy atom. The van der Waals surface area contributed by atoms with Gasteiger partial charge in [-0.05, 0) is 13.0 Å². The molecule has 0 aliphatic carbocycles. The Morgan fingerprint density at radius 1 is 1.47 bits per heavy atom. The van der Waals surface area contributed by atoms with E-state index >= 15 is 0 Å². The Balaban J connectivity index is 2.00. The Labute approximate surface area is 102 Å². The molecule has 1 fully saturated rings. The average molecular weight is 236 g/mol. The molecule has 1 aliphatic heterocycles. The highest BCUT2D eigenvalue weighted by Gasteiger charge is 2.23. The van der Waals surface area contributed by atoms with Gasteiger partial charge in [0.05, 0.1) is 6.61 Å². The second kappa shape index (κ2) is 6.05. The lowest BCUT2D eigenvalue weighted by Crippen LogP contribution is -2.39. The minimum Gasteiger partial charge on any atom is -0.368 e. The van der Waals surface area contributed by atoms with Gasteiger partial charge < -0.3 is 10.5 Å². The van der Waals surface area contributed by atoms with Gasteiger partial charge in [0.25, 0.3) is 0 Å². The van der Waals surface area contributed by atoms with Crippen LogP contribution < -0.4 is 5.73 Å². The van der Waals surface area contributed by atoms with E-state index in [9.17, 15) is 0 Å². The summed E-state index contributed by atoms with van der Waals surface area (Å²) in [5, 5.41) is 0. The number of nitrogens with two attached hydrogens (primary N) is 1. The van der Waals surface area contributed by atoms with Gasteiger partial charge in [0, 0.05) is 37.6 Å². The van der Waals surface area contributed by atoms with E-state index in [0.717, 1.165) is 37.6 Å². The molecule has 1 aromatic rings. The molecule has 5 nitrogen and oxygen atoms in total. The highest BCUT2D eigenvalue weighted by Crippen LogP contribution is 2.18. The van der Waals surface area contributed by atoms with Crippen LogP contribution in [0.25, 0.3) is 0 Å². The maximum absolute atomic E-state index is 5.72. The topological polar surface area (TPSA) is 64.3 Å². The van der Waals surface area contributed by atoms with Crippen molar-refractivity contribution in [2.24, 2.45) is 5.73 Å². The number of rotatable bonds is 4. The van der Waals surface area contributed by atoms with Crippen LogP contribution in [0.3, 0.4) is 0 Å². The third kappa shape index (κ3) is 3.21. The molecular formula is C12H20N4O. The number of ether oxygens (including phenoxy) is 1. The molecule has 0 radical (unpaired) electrons. The van der Waals surface area contributed by atoms with Crippen LogP contribution in [0.2, 0.25) is 0 Å². The highest BCUT2D eigenvalue weighted by molar-refractivity contribution is 5.06. The fourth-order valence-electron chi connectivity index (χ4n) is 2.01. The first-order valence-corrected chi connectivity index (χ1v) is 6.18. The van der Waals surface area contributed by atoms with Crippen molar-refractivity contribution in [2.75, 3.05) is 26.2 Å². The summed E-state index contributed by atoms with van der Waals surface area (Å²) < 4.78 is 5.72. The number of nitrogens with zero attached hydrogens (tertiary/aromatic N) is 3. The van der Waals surface area contributed by atoms with Gasteiger partial charge in [-0.15, -0.1) is 0 Å². The summed E-state index contributed by atoms with van der Waals surface area (Å²) in [5.41, 5.74) is 6.47. The Bertz CT molecular complexity index is 339. The molecule has 0 saturated carbocycles. The quantitative estimate of drug-likeness (QED) is 0.834. The van der Waals surface area contributed by atoms with Crippen molar-refractivity contribution in [3.63, 3.8) is 0 Å². The van der Waals surface area contributed by atoms with E-state index in [-0.39, 0.29) is 6.10 Å². The predicted octanol–water partition coefficient (Wildman–Crippen LogP) is 0.719. The maximum atomic E-state index is 5.72. The van der Waals surface area contributed by atoms with E-state index in [1.54, 1.807) is 12.4 Å². The van der Waals surface area contributed by atoms with Gasteiger partial charge >= 0.3 is 0 Å². The smallest absolute Gasteiger partial charge is 0.158 e. The number of aromatic nitrogens is 2. The molecule has 2 heterocycles. The second-order valence-corrected chi connectivity index (χ2v) is 4.31. The van der Waals surface area contributed by atoms with Gasteiger partial charge in [0.1, 0.15) is 6.10 Å². The van der Waals surface area contributed by atoms with Crippen LogP contribution in [0.5, 0.6) is 0 Å². The molecule has 1 unspecified atom stereocenters. The molecule has 2 N–H and O–H groups in total. The first-order chi connectivity index (χ1) is 8.33. The molecular weight excluding hydrogens is 216 g/mol. The van der Waals surface area contributed by atoms with Crippen LogP contribution in [-0.4, -0.2) is 41.1 Å². The Hall–Kier alpha value is -1.04. The highest BCUT2D eigenvalue weighted by atomic mass is 16.5. The van der Waals surface area contributed by atoms with E-state index in [2.05, 4.69) is 21.8 Å². The van der Waals surface area contributed by atoms with Gasteiger partial charge in [0.15, 0.2) is 5.82 Å². The summed E-state index contributed by atoms with van der Waals surface area (Å²) in [4.78, 5) is 11.0. The average Bonchev–Trinajstić information content (AvgIpc) is 2.40. The Kier molecular flexibility index (Phi) is 4.42. The van der Waals surface area contributed by atoms with Gasteiger partial charge in [-0.25, -0.2) is 9.97 Å². The number of hydrogen-bond donors (Lipinski definition) is 1. The summed E-state index contributed by atoms with van der Waals surface area (Å²) in [7, 11) is 0. The summed E-state index contributed by atoms with van der Waals surface area (Å²) >= 11 is 0. The van der Waals surface area contributed by atoms with Crippen molar-refractivity contribution in [1.29, 1.82) is 0 Å². The Morgan fingerprint density at radius 2 is 2.24 bits per heavy atom. The molecule has 0 aromatic carbocycles. The van der Waals surface area contributed by atoms with Crippen molar-refractivity contribution in [3.05, 3.63) is 23.8 Å². The predicted molar refractivity (Wildman–Crippen MR) is 65.3 cm³/mol. The summed E-state index contributed by atoms with van der Waals surface area (Å²) in [6.45, 7) is 6.43. The van der Waals surface area contributed by atoms with Crippen LogP contribution in [0.15, 0.2) is 12.4 Å². The van der Waals surface area contributed by atoms with Crippen molar-refractivity contribution in [1.82, 2.24) is 14.9 Å². The minimum atomic E-state index is 0.00197. The maximum Gasteiger partial charge on any atom is 0.158 e. The summed E-state index contributed by atoms with van der Waals surface area (Å²) in [6, 6.07) is 0. The lowest BCUT2D eigenvalue weighted by atomic mass is 10.2. The monoisotopic (exact) mass is 236 g/mol. The van der Waals surface area contributed by atoms with E-state index in [1.165, 1.54) is 6.42 Å². The number of morpholine rings is 1. The molecule has 1 aliphatic rings. The third-order valence-electron chi connectivity index (χ3n) is 2.94. The molecule has 0 amide bonds. The normalized spacial score (nSPS) is 21.6. The zero-order valence-corrected chi connectivity index (χ0v) is 10.3. The number of hydrogen-bond acceptors (Lipinski definition) is 5. The van der Waals surface area contributed by atoms with E-state index in [0.29, 0.717) is 6.54 Å². The fourth-order valence-corrected chi connectivity index (χ4v) is 2.01. The van der Waals surface area contributed by atoms with Crippen molar-refractivity contribution >= 4 is 0 Å². The molecule has 0 spiro atoms. The zero-order valence-electron chi connectivity index (χ0n) is 10.3. The van der Waals surface area contributed by atoms with E-state index in [1.807, 2.05) is 0 Å². The lowest BCUT2D eigenvalue weighted by molar-refractivity contribution is -0.0342. The molecule has 94 valence electrons. The molecule has 0 bridgehead atoms. The zero-order chi connectivity index (χ0) is 12.1. The molecule has 1 aromatic heterocycles.